The third-order valence-electron chi connectivity index (χ3n) is 5.26. The van der Waals surface area contributed by atoms with Gasteiger partial charge in [-0.3, -0.25) is 0 Å². The van der Waals surface area contributed by atoms with Crippen molar-refractivity contribution in [1.82, 2.24) is 19.7 Å². The van der Waals surface area contributed by atoms with E-state index in [0.717, 1.165) is 5.56 Å². The molecule has 0 aliphatic carbocycles. The summed E-state index contributed by atoms with van der Waals surface area (Å²) in [4.78, 5) is 8.39. The van der Waals surface area contributed by atoms with Crippen molar-refractivity contribution in [2.45, 2.75) is 25.0 Å². The normalized spacial score (nSPS) is 14.0. The molecule has 2 atom stereocenters. The highest BCUT2D eigenvalue weighted by atomic mass is 32.1. The van der Waals surface area contributed by atoms with Crippen molar-refractivity contribution in [1.29, 1.82) is 5.26 Å². The molecule has 10 heteroatoms. The third kappa shape index (κ3) is 4.00. The molecule has 2 aromatic carbocycles. The minimum Gasteiger partial charge on any atom is -0.382 e. The van der Waals surface area contributed by atoms with E-state index in [4.69, 9.17) is 5.26 Å². The number of nitriles is 1. The maximum absolute atomic E-state index is 14.7. The average molecular weight is 455 g/mol. The van der Waals surface area contributed by atoms with Gasteiger partial charge in [0.25, 0.3) is 0 Å². The first-order valence-corrected chi connectivity index (χ1v) is 10.4. The Balaban J connectivity index is 1.76. The van der Waals surface area contributed by atoms with Crippen LogP contribution in [-0.2, 0) is 12.1 Å². The number of thiazole rings is 1. The highest BCUT2D eigenvalue weighted by Gasteiger charge is 2.42. The Morgan fingerprint density at radius 1 is 1.16 bits per heavy atom. The van der Waals surface area contributed by atoms with Crippen LogP contribution in [0.3, 0.4) is 0 Å². The molecule has 4 aromatic rings. The van der Waals surface area contributed by atoms with E-state index in [2.05, 4.69) is 15.1 Å². The quantitative estimate of drug-likeness (QED) is 0.436. The molecule has 0 bridgehead atoms. The lowest BCUT2D eigenvalue weighted by Crippen LogP contribution is -2.38. The van der Waals surface area contributed by atoms with Crippen LogP contribution in [-0.4, -0.2) is 24.9 Å². The van der Waals surface area contributed by atoms with E-state index in [-0.39, 0.29) is 6.54 Å². The number of aliphatic hydroxyl groups is 1. The summed E-state index contributed by atoms with van der Waals surface area (Å²) in [5.74, 6) is -4.52. The molecule has 0 spiro atoms. The fraction of sp³-hybridized carbons (Fsp3) is 0.182. The van der Waals surface area contributed by atoms with Crippen molar-refractivity contribution in [3.63, 3.8) is 0 Å². The molecule has 0 aliphatic rings. The van der Waals surface area contributed by atoms with Crippen LogP contribution in [0.25, 0.3) is 11.3 Å². The van der Waals surface area contributed by atoms with Gasteiger partial charge in [-0.25, -0.2) is 27.8 Å². The number of halogens is 3. The van der Waals surface area contributed by atoms with Gasteiger partial charge in [-0.15, -0.1) is 11.3 Å². The van der Waals surface area contributed by atoms with Gasteiger partial charge in [0.15, 0.2) is 11.6 Å². The molecule has 0 saturated heterocycles. The van der Waals surface area contributed by atoms with Gasteiger partial charge < -0.3 is 5.11 Å². The van der Waals surface area contributed by atoms with Crippen molar-refractivity contribution in [3.8, 4) is 17.3 Å². The van der Waals surface area contributed by atoms with E-state index in [9.17, 15) is 18.3 Å². The lowest BCUT2D eigenvalue weighted by molar-refractivity contribution is -0.0115. The van der Waals surface area contributed by atoms with Crippen LogP contribution in [0.4, 0.5) is 13.2 Å². The molecule has 0 radical (unpaired) electrons. The van der Waals surface area contributed by atoms with E-state index < -0.39 is 34.5 Å². The van der Waals surface area contributed by atoms with Gasteiger partial charge in [0, 0.05) is 28.5 Å². The van der Waals surface area contributed by atoms with E-state index >= 15 is 0 Å². The number of hydrogen-bond donors (Lipinski definition) is 1. The van der Waals surface area contributed by atoms with Gasteiger partial charge in [-0.05, 0) is 18.2 Å². The molecule has 0 fully saturated rings. The van der Waals surface area contributed by atoms with Gasteiger partial charge in [-0.2, -0.15) is 10.4 Å². The lowest BCUT2D eigenvalue weighted by atomic mass is 9.82. The summed E-state index contributed by atoms with van der Waals surface area (Å²) in [6.07, 6.45) is 2.58. The van der Waals surface area contributed by atoms with Crippen molar-refractivity contribution >= 4 is 11.3 Å². The maximum Gasteiger partial charge on any atom is 0.161 e. The predicted molar refractivity (Wildman–Crippen MR) is 111 cm³/mol. The van der Waals surface area contributed by atoms with Crippen LogP contribution in [0.15, 0.2) is 54.4 Å². The summed E-state index contributed by atoms with van der Waals surface area (Å²) in [5, 5.41) is 26.8. The zero-order valence-electron chi connectivity index (χ0n) is 16.7. The predicted octanol–water partition coefficient (Wildman–Crippen LogP) is 4.38. The van der Waals surface area contributed by atoms with Crippen molar-refractivity contribution < 1.29 is 18.3 Å². The monoisotopic (exact) mass is 455 g/mol. The Kier molecular flexibility index (Phi) is 5.78. The first kappa shape index (κ1) is 21.7. The second-order valence-corrected chi connectivity index (χ2v) is 8.13. The van der Waals surface area contributed by atoms with E-state index in [0.29, 0.717) is 28.4 Å². The molecule has 4 rings (SSSR count). The fourth-order valence-electron chi connectivity index (χ4n) is 3.41. The number of hydrogen-bond acceptors (Lipinski definition) is 6. The van der Waals surface area contributed by atoms with Gasteiger partial charge >= 0.3 is 0 Å². The van der Waals surface area contributed by atoms with Gasteiger partial charge in [0.1, 0.15) is 24.1 Å². The average Bonchev–Trinajstić information content (AvgIpc) is 3.48. The Hall–Kier alpha value is -3.55. The van der Waals surface area contributed by atoms with E-state index in [1.165, 1.54) is 28.7 Å². The Bertz CT molecular complexity index is 1280. The van der Waals surface area contributed by atoms with Crippen LogP contribution in [0.5, 0.6) is 0 Å². The number of aromatic nitrogens is 4. The SMILES string of the molecule is CC(c1nc(-c2ccc(C#N)cc2)cs1)C(O)(Cn1cncn1)c1cc(F)c(F)cc1F. The van der Waals surface area contributed by atoms with Crippen LogP contribution in [0.1, 0.15) is 29.0 Å². The standard InChI is InChI=1S/C22H16F3N5OS/c1-13(21-29-20(9-32-21)15-4-2-14(8-26)3-5-15)22(31,10-30-12-27-11-28-30)16-6-18(24)19(25)7-17(16)23/h2-7,9,11-13,31H,10H2,1H3. The summed E-state index contributed by atoms with van der Waals surface area (Å²) < 4.78 is 43.5. The molecule has 0 aliphatic heterocycles. The Morgan fingerprint density at radius 3 is 2.53 bits per heavy atom. The second kappa shape index (κ2) is 8.53. The summed E-state index contributed by atoms with van der Waals surface area (Å²) in [7, 11) is 0. The molecule has 0 saturated carbocycles. The van der Waals surface area contributed by atoms with Crippen molar-refractivity contribution in [3.05, 3.63) is 88.0 Å². The molecule has 32 heavy (non-hydrogen) atoms. The first-order chi connectivity index (χ1) is 15.3. The third-order valence-corrected chi connectivity index (χ3v) is 6.29. The van der Waals surface area contributed by atoms with Crippen molar-refractivity contribution in [2.75, 3.05) is 0 Å². The zero-order chi connectivity index (χ0) is 22.9. The molecule has 2 aromatic heterocycles. The zero-order valence-corrected chi connectivity index (χ0v) is 17.5. The molecular formula is C22H16F3N5OS. The summed E-state index contributed by atoms with van der Waals surface area (Å²) >= 11 is 1.24. The highest BCUT2D eigenvalue weighted by Crippen LogP contribution is 2.41. The summed E-state index contributed by atoms with van der Waals surface area (Å²) in [6.45, 7) is 1.36. The van der Waals surface area contributed by atoms with Crippen LogP contribution < -0.4 is 0 Å². The molecule has 2 heterocycles. The summed E-state index contributed by atoms with van der Waals surface area (Å²) in [6, 6.07) is 9.94. The number of rotatable bonds is 6. The Labute approximate surface area is 185 Å². The largest absolute Gasteiger partial charge is 0.382 e. The minimum atomic E-state index is -2.01. The molecule has 0 amide bonds. The molecule has 6 nitrogen and oxygen atoms in total. The van der Waals surface area contributed by atoms with Gasteiger partial charge in [0.2, 0.25) is 0 Å². The van der Waals surface area contributed by atoms with Crippen LogP contribution >= 0.6 is 11.3 Å². The van der Waals surface area contributed by atoms with E-state index in [1.807, 2.05) is 6.07 Å². The van der Waals surface area contributed by atoms with Crippen LogP contribution in [0, 0.1) is 28.8 Å². The van der Waals surface area contributed by atoms with Crippen LogP contribution in [0.2, 0.25) is 0 Å². The second-order valence-electron chi connectivity index (χ2n) is 7.25. The van der Waals surface area contributed by atoms with E-state index in [1.54, 1.807) is 36.6 Å². The summed E-state index contributed by atoms with van der Waals surface area (Å²) in [5.41, 5.74) is -0.539. The molecule has 2 unspecified atom stereocenters. The maximum atomic E-state index is 14.7. The van der Waals surface area contributed by atoms with Gasteiger partial charge in [0.05, 0.1) is 28.9 Å². The number of benzene rings is 2. The first-order valence-electron chi connectivity index (χ1n) is 9.47. The van der Waals surface area contributed by atoms with Crippen molar-refractivity contribution in [2.24, 2.45) is 0 Å². The highest BCUT2D eigenvalue weighted by molar-refractivity contribution is 7.10. The number of nitrogens with zero attached hydrogens (tertiary/aromatic N) is 5. The minimum absolute atomic E-state index is 0.262. The smallest absolute Gasteiger partial charge is 0.161 e. The molecule has 162 valence electrons. The molecule has 1 N–H and O–H groups in total. The fourth-order valence-corrected chi connectivity index (χ4v) is 4.38. The van der Waals surface area contributed by atoms with Gasteiger partial charge in [-0.1, -0.05) is 19.1 Å². The lowest BCUT2D eigenvalue weighted by Gasteiger charge is -2.33. The molecular weight excluding hydrogens is 439 g/mol. The Morgan fingerprint density at radius 2 is 1.88 bits per heavy atom. The topological polar surface area (TPSA) is 87.6 Å².